The van der Waals surface area contributed by atoms with Gasteiger partial charge in [-0.15, -0.1) is 0 Å². The number of hydrogen-bond donors (Lipinski definition) is 2. The summed E-state index contributed by atoms with van der Waals surface area (Å²) in [7, 11) is 0. The molecule has 0 bridgehead atoms. The van der Waals surface area contributed by atoms with Crippen LogP contribution in [0.1, 0.15) is 34.5 Å². The molecular formula is C22H22FN3O3. The molecule has 2 heterocycles. The highest BCUT2D eigenvalue weighted by atomic mass is 19.1. The van der Waals surface area contributed by atoms with E-state index in [-0.39, 0.29) is 29.6 Å². The summed E-state index contributed by atoms with van der Waals surface area (Å²) >= 11 is 0. The average molecular weight is 395 g/mol. The van der Waals surface area contributed by atoms with E-state index in [1.807, 2.05) is 12.1 Å². The summed E-state index contributed by atoms with van der Waals surface area (Å²) in [6.07, 6.45) is 1.80. The molecule has 0 radical (unpaired) electrons. The van der Waals surface area contributed by atoms with Crippen molar-refractivity contribution in [2.75, 3.05) is 19.7 Å². The van der Waals surface area contributed by atoms with E-state index in [0.29, 0.717) is 30.6 Å². The number of benzene rings is 2. The maximum absolute atomic E-state index is 14.4. The number of carbonyl (C=O) groups is 1. The number of piperidine rings is 1. The van der Waals surface area contributed by atoms with Gasteiger partial charge in [-0.05, 0) is 42.5 Å². The predicted molar refractivity (Wildman–Crippen MR) is 107 cm³/mol. The van der Waals surface area contributed by atoms with Gasteiger partial charge in [0.15, 0.2) is 0 Å². The number of aliphatic hydroxyl groups excluding tert-OH is 1. The summed E-state index contributed by atoms with van der Waals surface area (Å²) in [5, 5.41) is 17.2. The van der Waals surface area contributed by atoms with Crippen LogP contribution < -0.4 is 5.56 Å². The number of likely N-dealkylation sites (tertiary alicyclic amines) is 1. The molecule has 3 aromatic rings. The van der Waals surface area contributed by atoms with Gasteiger partial charge >= 0.3 is 0 Å². The van der Waals surface area contributed by atoms with E-state index in [0.717, 1.165) is 23.8 Å². The first kappa shape index (κ1) is 19.3. The highest BCUT2D eigenvalue weighted by Crippen LogP contribution is 2.22. The highest BCUT2D eigenvalue weighted by molar-refractivity contribution is 5.94. The number of hydrogen-bond acceptors (Lipinski definition) is 4. The molecule has 1 aliphatic rings. The van der Waals surface area contributed by atoms with Crippen molar-refractivity contribution in [3.63, 3.8) is 0 Å². The summed E-state index contributed by atoms with van der Waals surface area (Å²) in [6, 6.07) is 11.7. The summed E-state index contributed by atoms with van der Waals surface area (Å²) < 4.78 is 14.4. The van der Waals surface area contributed by atoms with Gasteiger partial charge in [0.1, 0.15) is 5.82 Å². The number of nitrogens with zero attached hydrogens (tertiary/aromatic N) is 2. The van der Waals surface area contributed by atoms with E-state index >= 15 is 0 Å². The molecule has 0 aliphatic carbocycles. The van der Waals surface area contributed by atoms with Gasteiger partial charge in [0.25, 0.3) is 11.5 Å². The smallest absolute Gasteiger partial charge is 0.272 e. The maximum Gasteiger partial charge on any atom is 0.272 e. The number of nitrogens with one attached hydrogen (secondary N) is 1. The maximum atomic E-state index is 14.4. The minimum absolute atomic E-state index is 0.0404. The first-order valence-electron chi connectivity index (χ1n) is 9.71. The Morgan fingerprint density at radius 3 is 2.62 bits per heavy atom. The van der Waals surface area contributed by atoms with E-state index in [1.165, 1.54) is 6.07 Å². The molecule has 2 N–H and O–H groups in total. The Bertz CT molecular complexity index is 1100. The number of aliphatic hydroxyl groups is 1. The molecule has 1 aromatic heterocycles. The van der Waals surface area contributed by atoms with Crippen LogP contribution in [0.5, 0.6) is 0 Å². The topological polar surface area (TPSA) is 86.3 Å². The Morgan fingerprint density at radius 2 is 1.90 bits per heavy atom. The van der Waals surface area contributed by atoms with Gasteiger partial charge in [-0.25, -0.2) is 9.49 Å². The first-order valence-corrected chi connectivity index (χ1v) is 9.71. The number of halogens is 1. The molecule has 6 nitrogen and oxygen atoms in total. The van der Waals surface area contributed by atoms with Crippen LogP contribution in [0.25, 0.3) is 10.8 Å². The van der Waals surface area contributed by atoms with E-state index in [9.17, 15) is 19.1 Å². The van der Waals surface area contributed by atoms with Gasteiger partial charge in [-0.2, -0.15) is 5.10 Å². The molecule has 1 fully saturated rings. The second-order valence-corrected chi connectivity index (χ2v) is 7.45. The molecular weight excluding hydrogens is 373 g/mol. The van der Waals surface area contributed by atoms with Gasteiger partial charge in [-0.1, -0.05) is 24.3 Å². The summed E-state index contributed by atoms with van der Waals surface area (Å²) in [5.74, 6) is -0.683. The van der Waals surface area contributed by atoms with Crippen molar-refractivity contribution in [2.45, 2.75) is 19.3 Å². The number of aromatic nitrogens is 2. The molecule has 0 spiro atoms. The number of carbonyl (C=O) groups excluding carboxylic acids is 1. The molecule has 0 atom stereocenters. The molecule has 29 heavy (non-hydrogen) atoms. The lowest BCUT2D eigenvalue weighted by atomic mass is 9.96. The lowest BCUT2D eigenvalue weighted by Crippen LogP contribution is -2.39. The molecule has 1 amide bonds. The third kappa shape index (κ3) is 3.91. The van der Waals surface area contributed by atoms with Crippen molar-refractivity contribution in [3.05, 3.63) is 75.5 Å². The lowest BCUT2D eigenvalue weighted by molar-refractivity contribution is 0.0646. The zero-order valence-corrected chi connectivity index (χ0v) is 15.9. The summed E-state index contributed by atoms with van der Waals surface area (Å²) in [6.45, 7) is 1.14. The van der Waals surface area contributed by atoms with Crippen LogP contribution in [0, 0.1) is 11.7 Å². The number of aromatic amines is 1. The number of rotatable bonds is 4. The first-order chi connectivity index (χ1) is 14.1. The van der Waals surface area contributed by atoms with Crippen LogP contribution in [-0.4, -0.2) is 45.8 Å². The molecule has 1 aliphatic heterocycles. The van der Waals surface area contributed by atoms with Crippen molar-refractivity contribution in [2.24, 2.45) is 5.92 Å². The molecule has 2 aromatic carbocycles. The minimum Gasteiger partial charge on any atom is -0.396 e. The van der Waals surface area contributed by atoms with Crippen LogP contribution in [0.4, 0.5) is 4.39 Å². The van der Waals surface area contributed by atoms with E-state index in [2.05, 4.69) is 10.2 Å². The molecule has 0 saturated carbocycles. The fourth-order valence-corrected chi connectivity index (χ4v) is 3.83. The Morgan fingerprint density at radius 1 is 1.17 bits per heavy atom. The number of H-pyrrole nitrogens is 1. The monoisotopic (exact) mass is 395 g/mol. The van der Waals surface area contributed by atoms with E-state index in [4.69, 9.17) is 0 Å². The quantitative estimate of drug-likeness (QED) is 0.711. The van der Waals surface area contributed by atoms with Crippen molar-refractivity contribution < 1.29 is 14.3 Å². The third-order valence-electron chi connectivity index (χ3n) is 5.57. The molecule has 1 saturated heterocycles. The molecule has 0 unspecified atom stereocenters. The van der Waals surface area contributed by atoms with Crippen molar-refractivity contribution in [1.82, 2.24) is 15.1 Å². The average Bonchev–Trinajstić information content (AvgIpc) is 2.77. The molecule has 4 rings (SSSR count). The third-order valence-corrected chi connectivity index (χ3v) is 5.57. The second kappa shape index (κ2) is 8.13. The van der Waals surface area contributed by atoms with Crippen LogP contribution in [0.15, 0.2) is 47.3 Å². The Labute approximate surface area is 167 Å². The van der Waals surface area contributed by atoms with Crippen LogP contribution in [0.3, 0.4) is 0 Å². The van der Waals surface area contributed by atoms with Crippen LogP contribution >= 0.6 is 0 Å². The fourth-order valence-electron chi connectivity index (χ4n) is 3.83. The lowest BCUT2D eigenvalue weighted by Gasteiger charge is -2.31. The van der Waals surface area contributed by atoms with Crippen LogP contribution in [-0.2, 0) is 6.42 Å². The van der Waals surface area contributed by atoms with Gasteiger partial charge in [-0.3, -0.25) is 9.59 Å². The minimum atomic E-state index is -0.553. The normalized spacial score (nSPS) is 15.0. The Kier molecular flexibility index (Phi) is 5.40. The molecule has 7 heteroatoms. The van der Waals surface area contributed by atoms with Gasteiger partial charge < -0.3 is 10.0 Å². The molecule has 150 valence electrons. The van der Waals surface area contributed by atoms with E-state index < -0.39 is 5.82 Å². The standard InChI is InChI=1S/C22H22FN3O3/c23-19-6-5-15(11-18(19)22(29)26-9-7-14(13-27)8-10-26)12-20-16-3-1-2-4-17(16)21(28)25-24-20/h1-6,11,14,27H,7-10,12-13H2,(H,25,28). The predicted octanol–water partition coefficient (Wildman–Crippen LogP) is 2.50. The number of fused-ring (bicyclic) bond motifs is 1. The zero-order chi connectivity index (χ0) is 20.4. The number of amides is 1. The van der Waals surface area contributed by atoms with Crippen molar-refractivity contribution in [1.29, 1.82) is 0 Å². The second-order valence-electron chi connectivity index (χ2n) is 7.45. The summed E-state index contributed by atoms with van der Waals surface area (Å²) in [4.78, 5) is 26.4. The van der Waals surface area contributed by atoms with Gasteiger partial charge in [0, 0.05) is 31.5 Å². The Balaban J connectivity index is 1.60. The largest absolute Gasteiger partial charge is 0.396 e. The van der Waals surface area contributed by atoms with Gasteiger partial charge in [0.2, 0.25) is 0 Å². The zero-order valence-electron chi connectivity index (χ0n) is 15.9. The summed E-state index contributed by atoms with van der Waals surface area (Å²) in [5.41, 5.74) is 1.18. The van der Waals surface area contributed by atoms with Gasteiger partial charge in [0.05, 0.1) is 16.6 Å². The fraction of sp³-hybridized carbons (Fsp3) is 0.318. The SMILES string of the molecule is O=C(c1cc(Cc2n[nH]c(=O)c3ccccc23)ccc1F)N1CCC(CO)CC1. The van der Waals surface area contributed by atoms with E-state index in [1.54, 1.807) is 29.2 Å². The van der Waals surface area contributed by atoms with Crippen molar-refractivity contribution >= 4 is 16.7 Å². The highest BCUT2D eigenvalue weighted by Gasteiger charge is 2.25. The Hall–Kier alpha value is -3.06. The van der Waals surface area contributed by atoms with Crippen LogP contribution in [0.2, 0.25) is 0 Å². The van der Waals surface area contributed by atoms with Crippen molar-refractivity contribution in [3.8, 4) is 0 Å².